The summed E-state index contributed by atoms with van der Waals surface area (Å²) in [5.74, 6) is 0. The molecule has 2 fully saturated rings. The average Bonchev–Trinajstić information content (AvgIpc) is 3.14. The van der Waals surface area contributed by atoms with E-state index in [2.05, 4.69) is 0 Å². The second-order valence-corrected chi connectivity index (χ2v) is 10.6. The van der Waals surface area contributed by atoms with Crippen LogP contribution in [-0.4, -0.2) is 56.5 Å². The van der Waals surface area contributed by atoms with Crippen molar-refractivity contribution in [2.45, 2.75) is 76.0 Å². The molecule has 2 amide bonds. The number of nitrogens with zero attached hydrogens (tertiary/aromatic N) is 2. The van der Waals surface area contributed by atoms with Crippen molar-refractivity contribution in [1.82, 2.24) is 9.80 Å². The van der Waals surface area contributed by atoms with Gasteiger partial charge in [-0.05, 0) is 40.5 Å². The van der Waals surface area contributed by atoms with Gasteiger partial charge in [0.05, 0.1) is 0 Å². The Morgan fingerprint density at radius 3 is 1.28 bits per heavy atom. The normalized spacial score (nSPS) is 26.7. The molecule has 2 heterocycles. The van der Waals surface area contributed by atoms with Gasteiger partial charge in [0.1, 0.15) is 0 Å². The average molecular weight is 497 g/mol. The van der Waals surface area contributed by atoms with Crippen molar-refractivity contribution in [2.24, 2.45) is 0 Å². The van der Waals surface area contributed by atoms with E-state index in [0.29, 0.717) is 37.1 Å². The Balaban J connectivity index is 1.35. The second-order valence-electron chi connectivity index (χ2n) is 10.6. The van der Waals surface area contributed by atoms with E-state index in [-0.39, 0.29) is 0 Å². The standard InChI is InChI=1S/C28H36N2O6/c1-25(2)27(33,21-15-9-7-10-16-21)29(23(31)35-25)19-13-5-6-14-20-30-24(32)36-26(3,4)28(30,34)22-17-11-8-12-18-22/h7-12,15-18,33-34H,5-6,13-14,19-20H2,1-4H3/t27-,28-/m1/s1. The molecule has 2 saturated heterocycles. The van der Waals surface area contributed by atoms with Crippen LogP contribution < -0.4 is 0 Å². The van der Waals surface area contributed by atoms with Crippen molar-refractivity contribution in [3.63, 3.8) is 0 Å². The zero-order valence-corrected chi connectivity index (χ0v) is 21.4. The lowest BCUT2D eigenvalue weighted by Gasteiger charge is -2.39. The number of carbonyl (C=O) groups is 2. The first kappa shape index (κ1) is 26.0. The highest BCUT2D eigenvalue weighted by atomic mass is 16.6. The number of carbonyl (C=O) groups excluding carboxylic acids is 2. The fraction of sp³-hybridized carbons (Fsp3) is 0.500. The lowest BCUT2D eigenvalue weighted by Crippen LogP contribution is -2.53. The Hall–Kier alpha value is -3.10. The molecule has 8 heteroatoms. The minimum atomic E-state index is -1.57. The van der Waals surface area contributed by atoms with E-state index < -0.39 is 34.8 Å². The van der Waals surface area contributed by atoms with Crippen LogP contribution in [0.2, 0.25) is 0 Å². The van der Waals surface area contributed by atoms with Gasteiger partial charge < -0.3 is 19.7 Å². The summed E-state index contributed by atoms with van der Waals surface area (Å²) in [6.45, 7) is 7.51. The molecule has 0 saturated carbocycles. The van der Waals surface area contributed by atoms with Crippen molar-refractivity contribution in [3.05, 3.63) is 71.8 Å². The summed E-state index contributed by atoms with van der Waals surface area (Å²) in [7, 11) is 0. The van der Waals surface area contributed by atoms with Crippen LogP contribution in [-0.2, 0) is 20.9 Å². The SMILES string of the molecule is CC1(C)OC(=O)N(CCCCCCN2C(=O)OC(C)(C)[C@]2(O)c2ccccc2)[C@@]1(O)c1ccccc1. The number of rotatable bonds is 9. The van der Waals surface area contributed by atoms with Crippen LogP contribution in [0, 0.1) is 0 Å². The van der Waals surface area contributed by atoms with E-state index in [1.54, 1.807) is 52.0 Å². The first-order valence-corrected chi connectivity index (χ1v) is 12.5. The molecule has 2 aromatic rings. The smallest absolute Gasteiger partial charge is 0.413 e. The largest absolute Gasteiger partial charge is 0.438 e. The van der Waals surface area contributed by atoms with Crippen LogP contribution in [0.15, 0.2) is 60.7 Å². The van der Waals surface area contributed by atoms with Crippen LogP contribution in [0.5, 0.6) is 0 Å². The number of unbranched alkanes of at least 4 members (excludes halogenated alkanes) is 3. The molecule has 0 unspecified atom stereocenters. The van der Waals surface area contributed by atoms with E-state index in [9.17, 15) is 19.8 Å². The lowest BCUT2D eigenvalue weighted by molar-refractivity contribution is -0.150. The third-order valence-corrected chi connectivity index (χ3v) is 7.45. The van der Waals surface area contributed by atoms with Crippen LogP contribution in [0.1, 0.15) is 64.5 Å². The summed E-state index contributed by atoms with van der Waals surface area (Å²) >= 11 is 0. The number of cyclic esters (lactones) is 2. The molecule has 4 rings (SSSR count). The monoisotopic (exact) mass is 496 g/mol. The maximum atomic E-state index is 12.6. The Kier molecular flexibility index (Phi) is 6.79. The van der Waals surface area contributed by atoms with E-state index in [1.165, 1.54) is 9.80 Å². The lowest BCUT2D eigenvalue weighted by atomic mass is 9.86. The van der Waals surface area contributed by atoms with Crippen LogP contribution >= 0.6 is 0 Å². The van der Waals surface area contributed by atoms with Crippen molar-refractivity contribution < 1.29 is 29.3 Å². The van der Waals surface area contributed by atoms with E-state index in [4.69, 9.17) is 9.47 Å². The Morgan fingerprint density at radius 2 is 0.944 bits per heavy atom. The molecule has 2 aliphatic heterocycles. The maximum Gasteiger partial charge on any atom is 0.413 e. The highest BCUT2D eigenvalue weighted by molar-refractivity contribution is 5.73. The summed E-state index contributed by atoms with van der Waals surface area (Å²) in [5, 5.41) is 23.2. The predicted octanol–water partition coefficient (Wildman–Crippen LogP) is 4.70. The zero-order valence-electron chi connectivity index (χ0n) is 21.4. The van der Waals surface area contributed by atoms with Gasteiger partial charge in [-0.2, -0.15) is 0 Å². The van der Waals surface area contributed by atoms with Gasteiger partial charge in [-0.15, -0.1) is 0 Å². The number of amides is 2. The summed E-state index contributed by atoms with van der Waals surface area (Å²) < 4.78 is 11.0. The van der Waals surface area contributed by atoms with Crippen molar-refractivity contribution in [2.75, 3.05) is 13.1 Å². The number of ether oxygens (including phenoxy) is 2. The molecule has 2 aliphatic rings. The van der Waals surface area contributed by atoms with Gasteiger partial charge in [-0.3, -0.25) is 9.80 Å². The fourth-order valence-corrected chi connectivity index (χ4v) is 5.35. The molecule has 0 bridgehead atoms. The van der Waals surface area contributed by atoms with E-state index in [1.807, 2.05) is 36.4 Å². The van der Waals surface area contributed by atoms with Gasteiger partial charge in [0.15, 0.2) is 11.2 Å². The van der Waals surface area contributed by atoms with Crippen molar-refractivity contribution >= 4 is 12.2 Å². The van der Waals surface area contributed by atoms with Gasteiger partial charge in [0.2, 0.25) is 11.4 Å². The summed E-state index contributed by atoms with van der Waals surface area (Å²) in [6.07, 6.45) is 1.76. The van der Waals surface area contributed by atoms with E-state index >= 15 is 0 Å². The first-order chi connectivity index (χ1) is 16.9. The third kappa shape index (κ3) is 4.12. The van der Waals surface area contributed by atoms with Crippen LogP contribution in [0.3, 0.4) is 0 Å². The summed E-state index contributed by atoms with van der Waals surface area (Å²) in [4.78, 5) is 28.1. The molecular formula is C28H36N2O6. The molecule has 2 N–H and O–H groups in total. The Bertz CT molecular complexity index is 1000. The van der Waals surface area contributed by atoms with Gasteiger partial charge in [0, 0.05) is 24.2 Å². The quantitative estimate of drug-likeness (QED) is 0.488. The third-order valence-electron chi connectivity index (χ3n) is 7.45. The summed E-state index contributed by atoms with van der Waals surface area (Å²) in [5.41, 5.74) is -4.12. The van der Waals surface area contributed by atoms with Gasteiger partial charge in [0.25, 0.3) is 0 Å². The molecule has 194 valence electrons. The number of hydrogen-bond acceptors (Lipinski definition) is 6. The molecule has 0 spiro atoms. The minimum Gasteiger partial charge on any atom is -0.438 e. The molecule has 0 aliphatic carbocycles. The number of hydrogen-bond donors (Lipinski definition) is 2. The number of aliphatic hydroxyl groups is 2. The highest BCUT2D eigenvalue weighted by Crippen LogP contribution is 2.46. The predicted molar refractivity (Wildman–Crippen MR) is 134 cm³/mol. The van der Waals surface area contributed by atoms with Gasteiger partial charge in [-0.1, -0.05) is 73.5 Å². The fourth-order valence-electron chi connectivity index (χ4n) is 5.35. The molecule has 2 atom stereocenters. The molecular weight excluding hydrogens is 460 g/mol. The second kappa shape index (κ2) is 9.41. The first-order valence-electron chi connectivity index (χ1n) is 12.5. The van der Waals surface area contributed by atoms with Gasteiger partial charge in [-0.25, -0.2) is 9.59 Å². The zero-order chi connectivity index (χ0) is 26.2. The molecule has 8 nitrogen and oxygen atoms in total. The van der Waals surface area contributed by atoms with E-state index in [0.717, 1.165) is 12.8 Å². The van der Waals surface area contributed by atoms with Crippen LogP contribution in [0.4, 0.5) is 9.59 Å². The van der Waals surface area contributed by atoms with Crippen LogP contribution in [0.25, 0.3) is 0 Å². The molecule has 36 heavy (non-hydrogen) atoms. The number of benzene rings is 2. The summed E-state index contributed by atoms with van der Waals surface area (Å²) in [6, 6.07) is 18.2. The molecule has 0 aromatic heterocycles. The molecule has 2 aromatic carbocycles. The minimum absolute atomic E-state index is 0.334. The van der Waals surface area contributed by atoms with Crippen molar-refractivity contribution in [1.29, 1.82) is 0 Å². The molecule has 0 radical (unpaired) electrons. The highest BCUT2D eigenvalue weighted by Gasteiger charge is 2.61. The Morgan fingerprint density at radius 1 is 0.611 bits per heavy atom. The topological polar surface area (TPSA) is 99.5 Å². The maximum absolute atomic E-state index is 12.6. The van der Waals surface area contributed by atoms with Crippen molar-refractivity contribution in [3.8, 4) is 0 Å². The van der Waals surface area contributed by atoms with Gasteiger partial charge >= 0.3 is 12.2 Å². The Labute approximate surface area is 212 Å².